The second kappa shape index (κ2) is 4.51. The number of aryl methyl sites for hydroxylation is 1. The topological polar surface area (TPSA) is 37.8 Å². The highest BCUT2D eigenvalue weighted by molar-refractivity contribution is 7.07. The van der Waals surface area contributed by atoms with Crippen LogP contribution in [0.5, 0.6) is 0 Å². The molecule has 0 aromatic carbocycles. The molecule has 0 aliphatic rings. The standard InChI is InChI=1S/C11H13N3S/c1-8-3-9(5-13-4-8)11(12-2)10-6-15-7-14-10/h3-7,11-12H,1-2H3. The van der Waals surface area contributed by atoms with Gasteiger partial charge in [-0.1, -0.05) is 6.07 Å². The van der Waals surface area contributed by atoms with Gasteiger partial charge in [0.25, 0.3) is 0 Å². The molecule has 78 valence electrons. The second-order valence-corrected chi connectivity index (χ2v) is 4.15. The predicted molar refractivity (Wildman–Crippen MR) is 62.0 cm³/mol. The third-order valence-corrected chi connectivity index (χ3v) is 2.87. The number of nitrogens with zero attached hydrogens (tertiary/aromatic N) is 2. The fourth-order valence-electron chi connectivity index (χ4n) is 1.59. The van der Waals surface area contributed by atoms with Crippen LogP contribution in [0.15, 0.2) is 29.4 Å². The molecule has 2 rings (SSSR count). The van der Waals surface area contributed by atoms with Gasteiger partial charge in [0.05, 0.1) is 17.2 Å². The molecule has 0 amide bonds. The Kier molecular flexibility index (Phi) is 3.08. The van der Waals surface area contributed by atoms with Gasteiger partial charge in [0.1, 0.15) is 0 Å². The monoisotopic (exact) mass is 219 g/mol. The summed E-state index contributed by atoms with van der Waals surface area (Å²) in [6.07, 6.45) is 3.74. The number of hydrogen-bond donors (Lipinski definition) is 1. The van der Waals surface area contributed by atoms with Gasteiger partial charge >= 0.3 is 0 Å². The Morgan fingerprint density at radius 1 is 1.40 bits per heavy atom. The van der Waals surface area contributed by atoms with E-state index in [1.807, 2.05) is 31.9 Å². The highest BCUT2D eigenvalue weighted by atomic mass is 32.1. The molecule has 0 bridgehead atoms. The van der Waals surface area contributed by atoms with Crippen LogP contribution < -0.4 is 5.32 Å². The Morgan fingerprint density at radius 3 is 2.87 bits per heavy atom. The van der Waals surface area contributed by atoms with E-state index in [1.165, 1.54) is 5.56 Å². The van der Waals surface area contributed by atoms with Crippen molar-refractivity contribution >= 4 is 11.3 Å². The lowest BCUT2D eigenvalue weighted by atomic mass is 10.1. The molecule has 0 aliphatic carbocycles. The van der Waals surface area contributed by atoms with E-state index in [9.17, 15) is 0 Å². The molecule has 1 unspecified atom stereocenters. The lowest BCUT2D eigenvalue weighted by Crippen LogP contribution is -2.18. The van der Waals surface area contributed by atoms with Crippen molar-refractivity contribution in [3.8, 4) is 0 Å². The minimum atomic E-state index is 0.142. The first-order valence-electron chi connectivity index (χ1n) is 4.78. The van der Waals surface area contributed by atoms with Crippen LogP contribution in [-0.2, 0) is 0 Å². The van der Waals surface area contributed by atoms with Crippen molar-refractivity contribution in [3.05, 3.63) is 46.2 Å². The van der Waals surface area contributed by atoms with Crippen LogP contribution in [0.2, 0.25) is 0 Å². The first-order chi connectivity index (χ1) is 7.31. The summed E-state index contributed by atoms with van der Waals surface area (Å²) in [6, 6.07) is 2.27. The van der Waals surface area contributed by atoms with Crippen LogP contribution >= 0.6 is 11.3 Å². The maximum absolute atomic E-state index is 4.32. The minimum absolute atomic E-state index is 0.142. The lowest BCUT2D eigenvalue weighted by Gasteiger charge is -2.14. The molecule has 0 aliphatic heterocycles. The molecule has 0 radical (unpaired) electrons. The van der Waals surface area contributed by atoms with Gasteiger partial charge in [0.2, 0.25) is 0 Å². The summed E-state index contributed by atoms with van der Waals surface area (Å²) in [6.45, 7) is 2.05. The summed E-state index contributed by atoms with van der Waals surface area (Å²) in [5.41, 5.74) is 5.23. The highest BCUT2D eigenvalue weighted by Crippen LogP contribution is 2.21. The number of thiazole rings is 1. The molecule has 0 saturated carbocycles. The quantitative estimate of drug-likeness (QED) is 0.859. The van der Waals surface area contributed by atoms with Crippen LogP contribution in [0.25, 0.3) is 0 Å². The number of aromatic nitrogens is 2. The molecule has 0 saturated heterocycles. The van der Waals surface area contributed by atoms with Crippen molar-refractivity contribution in [2.24, 2.45) is 0 Å². The molecule has 1 N–H and O–H groups in total. The molecule has 2 aromatic rings. The number of hydrogen-bond acceptors (Lipinski definition) is 4. The van der Waals surface area contributed by atoms with Gasteiger partial charge in [0.15, 0.2) is 0 Å². The number of nitrogens with one attached hydrogen (secondary N) is 1. The van der Waals surface area contributed by atoms with Gasteiger partial charge < -0.3 is 5.32 Å². The van der Waals surface area contributed by atoms with Crippen LogP contribution in [0, 0.1) is 6.92 Å². The van der Waals surface area contributed by atoms with Gasteiger partial charge in [-0.15, -0.1) is 11.3 Å². The van der Waals surface area contributed by atoms with E-state index in [0.717, 1.165) is 11.3 Å². The normalized spacial score (nSPS) is 12.7. The molecule has 0 fully saturated rings. The zero-order valence-electron chi connectivity index (χ0n) is 8.77. The molecule has 0 spiro atoms. The molecule has 2 heterocycles. The Balaban J connectivity index is 2.35. The molecule has 1 atom stereocenters. The predicted octanol–water partition coefficient (Wildman–Crippen LogP) is 2.16. The largest absolute Gasteiger partial charge is 0.308 e. The summed E-state index contributed by atoms with van der Waals surface area (Å²) < 4.78 is 0. The molecule has 3 nitrogen and oxygen atoms in total. The van der Waals surface area contributed by atoms with Crippen molar-refractivity contribution in [3.63, 3.8) is 0 Å². The highest BCUT2D eigenvalue weighted by Gasteiger charge is 2.13. The first kappa shape index (κ1) is 10.3. The fourth-order valence-corrected chi connectivity index (χ4v) is 2.17. The molecule has 2 aromatic heterocycles. The maximum Gasteiger partial charge on any atom is 0.0795 e. The van der Waals surface area contributed by atoms with E-state index < -0.39 is 0 Å². The van der Waals surface area contributed by atoms with Gasteiger partial charge in [-0.25, -0.2) is 4.98 Å². The van der Waals surface area contributed by atoms with Crippen LogP contribution in [0.4, 0.5) is 0 Å². The summed E-state index contributed by atoms with van der Waals surface area (Å²) in [5.74, 6) is 0. The van der Waals surface area contributed by atoms with Crippen molar-refractivity contribution in [2.75, 3.05) is 7.05 Å². The fraction of sp³-hybridized carbons (Fsp3) is 0.273. The molecular weight excluding hydrogens is 206 g/mol. The molecule has 4 heteroatoms. The number of pyridine rings is 1. The van der Waals surface area contributed by atoms with E-state index in [4.69, 9.17) is 0 Å². The Hall–Kier alpha value is -1.26. The second-order valence-electron chi connectivity index (χ2n) is 3.43. The molecule has 15 heavy (non-hydrogen) atoms. The van der Waals surface area contributed by atoms with Crippen molar-refractivity contribution in [1.29, 1.82) is 0 Å². The molecular formula is C11H13N3S. The van der Waals surface area contributed by atoms with Gasteiger partial charge in [-0.3, -0.25) is 4.98 Å². The Morgan fingerprint density at radius 2 is 2.27 bits per heavy atom. The SMILES string of the molecule is CNC(c1cncc(C)c1)c1cscn1. The average Bonchev–Trinajstić information content (AvgIpc) is 2.72. The van der Waals surface area contributed by atoms with Crippen molar-refractivity contribution < 1.29 is 0 Å². The first-order valence-corrected chi connectivity index (χ1v) is 5.72. The van der Waals surface area contributed by atoms with E-state index >= 15 is 0 Å². The van der Waals surface area contributed by atoms with E-state index in [-0.39, 0.29) is 6.04 Å². The Bertz CT molecular complexity index is 425. The van der Waals surface area contributed by atoms with Gasteiger partial charge in [-0.2, -0.15) is 0 Å². The maximum atomic E-state index is 4.32. The van der Waals surface area contributed by atoms with Crippen LogP contribution in [0.1, 0.15) is 22.9 Å². The summed E-state index contributed by atoms with van der Waals surface area (Å²) in [5, 5.41) is 5.31. The van der Waals surface area contributed by atoms with Crippen molar-refractivity contribution in [2.45, 2.75) is 13.0 Å². The average molecular weight is 219 g/mol. The van der Waals surface area contributed by atoms with Gasteiger partial charge in [0, 0.05) is 17.8 Å². The Labute approximate surface area is 93.2 Å². The van der Waals surface area contributed by atoms with E-state index in [1.54, 1.807) is 11.3 Å². The van der Waals surface area contributed by atoms with E-state index in [0.29, 0.717) is 0 Å². The lowest BCUT2D eigenvalue weighted by molar-refractivity contribution is 0.672. The smallest absolute Gasteiger partial charge is 0.0795 e. The van der Waals surface area contributed by atoms with E-state index in [2.05, 4.69) is 26.7 Å². The third-order valence-electron chi connectivity index (χ3n) is 2.27. The van der Waals surface area contributed by atoms with Crippen molar-refractivity contribution in [1.82, 2.24) is 15.3 Å². The van der Waals surface area contributed by atoms with Crippen LogP contribution in [-0.4, -0.2) is 17.0 Å². The minimum Gasteiger partial charge on any atom is -0.308 e. The third kappa shape index (κ3) is 2.22. The van der Waals surface area contributed by atoms with Crippen LogP contribution in [0.3, 0.4) is 0 Å². The summed E-state index contributed by atoms with van der Waals surface area (Å²) in [4.78, 5) is 8.52. The number of rotatable bonds is 3. The summed E-state index contributed by atoms with van der Waals surface area (Å²) >= 11 is 1.61. The summed E-state index contributed by atoms with van der Waals surface area (Å²) in [7, 11) is 1.94. The zero-order valence-corrected chi connectivity index (χ0v) is 9.58. The zero-order chi connectivity index (χ0) is 10.7. The van der Waals surface area contributed by atoms with Gasteiger partial charge in [-0.05, 0) is 25.1 Å².